The third-order valence-electron chi connectivity index (χ3n) is 6.93. The zero-order chi connectivity index (χ0) is 26.8. The lowest BCUT2D eigenvalue weighted by atomic mass is 10.1. The van der Waals surface area contributed by atoms with Gasteiger partial charge in [-0.3, -0.25) is 4.79 Å². The molecule has 0 fully saturated rings. The zero-order valence-electron chi connectivity index (χ0n) is 23.8. The van der Waals surface area contributed by atoms with Crippen LogP contribution in [0.3, 0.4) is 0 Å². The number of hydrogen-bond acceptors (Lipinski definition) is 5. The molecule has 7 heteroatoms. The number of ether oxygens (including phenoxy) is 2. The minimum absolute atomic E-state index is 0. The van der Waals surface area contributed by atoms with Crippen molar-refractivity contribution >= 4 is 40.3 Å². The van der Waals surface area contributed by atoms with E-state index in [4.69, 9.17) is 9.47 Å². The zero-order valence-corrected chi connectivity index (χ0v) is 26.3. The van der Waals surface area contributed by atoms with Crippen molar-refractivity contribution in [3.05, 3.63) is 65.2 Å². The molecular formula is C32H47BrN2O3S. The standard InChI is InChI=1S/C32H46N2O3S.BrH/c1-3-4-5-6-7-8-9-10-11-12-13-16-23-37-31-29(20-17-21-30(31)36-2)33-32(35)28-19-15-14-18-27(28)25-34-22-24-38-26-34;/h14-15,17-22,24H,3-13,16,23,25-26H2,1-2H3,(H,33,35);1H. The Morgan fingerprint density at radius 2 is 1.56 bits per heavy atom. The lowest BCUT2D eigenvalue weighted by Gasteiger charge is -2.18. The van der Waals surface area contributed by atoms with Crippen LogP contribution in [0, 0.1) is 0 Å². The predicted molar refractivity (Wildman–Crippen MR) is 171 cm³/mol. The maximum absolute atomic E-state index is 13.3. The van der Waals surface area contributed by atoms with Gasteiger partial charge in [0, 0.05) is 18.3 Å². The number of hydrogen-bond donors (Lipinski definition) is 1. The molecule has 0 unspecified atom stereocenters. The van der Waals surface area contributed by atoms with Gasteiger partial charge in [0.15, 0.2) is 11.5 Å². The molecule has 0 atom stereocenters. The second-order valence-corrected chi connectivity index (χ2v) is 10.9. The molecule has 2 aromatic carbocycles. The molecule has 1 N–H and O–H groups in total. The van der Waals surface area contributed by atoms with Crippen LogP contribution in [0.2, 0.25) is 0 Å². The van der Waals surface area contributed by atoms with E-state index < -0.39 is 0 Å². The van der Waals surface area contributed by atoms with Crippen molar-refractivity contribution < 1.29 is 14.3 Å². The Morgan fingerprint density at radius 1 is 0.897 bits per heavy atom. The molecule has 3 rings (SSSR count). The van der Waals surface area contributed by atoms with Crippen LogP contribution in [0.5, 0.6) is 11.5 Å². The second kappa shape index (κ2) is 19.9. The van der Waals surface area contributed by atoms with Crippen LogP contribution < -0.4 is 14.8 Å². The Hall–Kier alpha value is -2.12. The summed E-state index contributed by atoms with van der Waals surface area (Å²) in [5, 5.41) is 5.16. The molecule has 0 spiro atoms. The number of carbonyl (C=O) groups is 1. The van der Waals surface area contributed by atoms with Crippen molar-refractivity contribution in [2.75, 3.05) is 24.9 Å². The fourth-order valence-electron chi connectivity index (χ4n) is 4.74. The lowest BCUT2D eigenvalue weighted by molar-refractivity contribution is 0.102. The quantitative estimate of drug-likeness (QED) is 0.159. The van der Waals surface area contributed by atoms with E-state index in [1.807, 2.05) is 42.5 Å². The predicted octanol–water partition coefficient (Wildman–Crippen LogP) is 9.58. The van der Waals surface area contributed by atoms with Crippen LogP contribution in [0.4, 0.5) is 5.69 Å². The largest absolute Gasteiger partial charge is 0.493 e. The van der Waals surface area contributed by atoms with Gasteiger partial charge in [0.25, 0.3) is 5.91 Å². The topological polar surface area (TPSA) is 50.8 Å². The van der Waals surface area contributed by atoms with E-state index in [-0.39, 0.29) is 22.9 Å². The third kappa shape index (κ3) is 11.9. The van der Waals surface area contributed by atoms with Gasteiger partial charge in [0.1, 0.15) is 0 Å². The Labute approximate surface area is 250 Å². The van der Waals surface area contributed by atoms with Crippen LogP contribution >= 0.6 is 28.7 Å². The summed E-state index contributed by atoms with van der Waals surface area (Å²) >= 11 is 1.76. The number of thioether (sulfide) groups is 1. The third-order valence-corrected chi connectivity index (χ3v) is 7.73. The van der Waals surface area contributed by atoms with Crippen LogP contribution in [-0.2, 0) is 6.54 Å². The Balaban J connectivity index is 0.00000533. The van der Waals surface area contributed by atoms with E-state index >= 15 is 0 Å². The molecular weight excluding hydrogens is 572 g/mol. The van der Waals surface area contributed by atoms with Gasteiger partial charge in [-0.05, 0) is 35.6 Å². The second-order valence-electron chi connectivity index (χ2n) is 10.0. The maximum Gasteiger partial charge on any atom is 0.256 e. The van der Waals surface area contributed by atoms with Gasteiger partial charge in [0.05, 0.1) is 25.3 Å². The molecule has 0 saturated heterocycles. The van der Waals surface area contributed by atoms with E-state index in [9.17, 15) is 4.79 Å². The average Bonchev–Trinajstić information content (AvgIpc) is 3.45. The molecule has 1 amide bonds. The van der Waals surface area contributed by atoms with Gasteiger partial charge in [-0.15, -0.1) is 28.7 Å². The summed E-state index contributed by atoms with van der Waals surface area (Å²) in [5.41, 5.74) is 2.31. The van der Waals surface area contributed by atoms with Crippen molar-refractivity contribution in [3.63, 3.8) is 0 Å². The molecule has 0 radical (unpaired) electrons. The number of para-hydroxylation sites is 1. The normalized spacial score (nSPS) is 12.3. The fraction of sp³-hybridized carbons (Fsp3) is 0.531. The summed E-state index contributed by atoms with van der Waals surface area (Å²) < 4.78 is 11.7. The highest BCUT2D eigenvalue weighted by atomic mass is 79.9. The van der Waals surface area contributed by atoms with Gasteiger partial charge >= 0.3 is 0 Å². The highest BCUT2D eigenvalue weighted by Gasteiger charge is 2.18. The first-order valence-corrected chi connectivity index (χ1v) is 15.5. The van der Waals surface area contributed by atoms with Crippen molar-refractivity contribution in [2.24, 2.45) is 0 Å². The SMILES string of the molecule is Br.CCCCCCCCCCCCCCOc1c(NC(=O)c2ccccc2CN2C=CSC2)cccc1OC. The molecule has 0 aliphatic carbocycles. The highest BCUT2D eigenvalue weighted by Crippen LogP contribution is 2.36. The summed E-state index contributed by atoms with van der Waals surface area (Å²) in [6, 6.07) is 13.4. The number of nitrogens with zero attached hydrogens (tertiary/aromatic N) is 1. The minimum atomic E-state index is -0.139. The van der Waals surface area contributed by atoms with E-state index in [2.05, 4.69) is 28.7 Å². The van der Waals surface area contributed by atoms with Gasteiger partial charge in [-0.25, -0.2) is 0 Å². The Morgan fingerprint density at radius 3 is 2.21 bits per heavy atom. The van der Waals surface area contributed by atoms with E-state index in [1.165, 1.54) is 64.2 Å². The van der Waals surface area contributed by atoms with Crippen LogP contribution in [0.25, 0.3) is 0 Å². The Kier molecular flexibility index (Phi) is 16.9. The lowest BCUT2D eigenvalue weighted by Crippen LogP contribution is -2.19. The summed E-state index contributed by atoms with van der Waals surface area (Å²) in [6.45, 7) is 3.58. The number of benzene rings is 2. The maximum atomic E-state index is 13.3. The summed E-state index contributed by atoms with van der Waals surface area (Å²) in [4.78, 5) is 15.5. The molecule has 5 nitrogen and oxygen atoms in total. The van der Waals surface area contributed by atoms with Crippen molar-refractivity contribution in [2.45, 2.75) is 90.5 Å². The number of methoxy groups -OCH3 is 1. The number of halogens is 1. The highest BCUT2D eigenvalue weighted by molar-refractivity contribution is 8.93. The van der Waals surface area contributed by atoms with Gasteiger partial charge < -0.3 is 19.7 Å². The van der Waals surface area contributed by atoms with Crippen molar-refractivity contribution in [1.29, 1.82) is 0 Å². The van der Waals surface area contributed by atoms with Gasteiger partial charge in [-0.2, -0.15) is 0 Å². The number of carbonyl (C=O) groups excluding carboxylic acids is 1. The van der Waals surface area contributed by atoms with Gasteiger partial charge in [0.2, 0.25) is 0 Å². The number of unbranched alkanes of at least 4 members (excludes halogenated alkanes) is 11. The summed E-state index contributed by atoms with van der Waals surface area (Å²) in [5.74, 6) is 2.00. The average molecular weight is 620 g/mol. The molecule has 0 saturated carbocycles. The molecule has 1 aliphatic heterocycles. The fourth-order valence-corrected chi connectivity index (χ4v) is 5.45. The molecule has 1 heterocycles. The van der Waals surface area contributed by atoms with Crippen molar-refractivity contribution in [1.82, 2.24) is 4.90 Å². The van der Waals surface area contributed by atoms with E-state index in [0.717, 1.165) is 24.3 Å². The number of rotatable bonds is 19. The Bertz CT molecular complexity index is 1000. The molecule has 1 aliphatic rings. The number of anilines is 1. The van der Waals surface area contributed by atoms with E-state index in [0.29, 0.717) is 35.9 Å². The summed E-state index contributed by atoms with van der Waals surface area (Å²) in [7, 11) is 1.63. The monoisotopic (exact) mass is 618 g/mol. The molecule has 0 aromatic heterocycles. The number of amides is 1. The smallest absolute Gasteiger partial charge is 0.256 e. The molecule has 0 bridgehead atoms. The number of nitrogens with one attached hydrogen (secondary N) is 1. The summed E-state index contributed by atoms with van der Waals surface area (Å²) in [6.07, 6.45) is 17.8. The van der Waals surface area contributed by atoms with Crippen LogP contribution in [-0.4, -0.2) is 30.4 Å². The van der Waals surface area contributed by atoms with Crippen LogP contribution in [0.15, 0.2) is 54.1 Å². The minimum Gasteiger partial charge on any atom is -0.493 e. The van der Waals surface area contributed by atoms with Crippen molar-refractivity contribution in [3.8, 4) is 11.5 Å². The first kappa shape index (κ1) is 33.1. The molecule has 2 aromatic rings. The first-order chi connectivity index (χ1) is 18.7. The van der Waals surface area contributed by atoms with Gasteiger partial charge in [-0.1, -0.05) is 102 Å². The molecule has 216 valence electrons. The van der Waals surface area contributed by atoms with Crippen LogP contribution in [0.1, 0.15) is 99.9 Å². The molecule has 39 heavy (non-hydrogen) atoms. The first-order valence-electron chi connectivity index (χ1n) is 14.4. The van der Waals surface area contributed by atoms with E-state index in [1.54, 1.807) is 18.9 Å².